The summed E-state index contributed by atoms with van der Waals surface area (Å²) in [5.41, 5.74) is 3.97. The van der Waals surface area contributed by atoms with E-state index in [-0.39, 0.29) is 33.9 Å². The van der Waals surface area contributed by atoms with Crippen LogP contribution < -0.4 is 9.62 Å². The zero-order chi connectivity index (χ0) is 35.9. The predicted octanol–water partition coefficient (Wildman–Crippen LogP) is 6.27. The molecule has 1 aliphatic rings. The lowest BCUT2D eigenvalue weighted by Gasteiger charge is -2.28. The highest BCUT2D eigenvalue weighted by molar-refractivity contribution is 7.92. The number of nitrogens with zero attached hydrogens (tertiary/aromatic N) is 3. The zero-order valence-corrected chi connectivity index (χ0v) is 29.3. The lowest BCUT2D eigenvalue weighted by atomic mass is 9.96. The van der Waals surface area contributed by atoms with Gasteiger partial charge in [-0.15, -0.1) is 0 Å². The molecular weight excluding hydrogens is 687 g/mol. The summed E-state index contributed by atoms with van der Waals surface area (Å²) in [5.74, 6) is -1.81. The molecule has 4 heterocycles. The normalized spacial score (nSPS) is 14.5. The molecule has 3 aromatic carbocycles. The number of aryl methyl sites for hydroxylation is 1. The van der Waals surface area contributed by atoms with Gasteiger partial charge in [-0.05, 0) is 66.9 Å². The maximum Gasteiger partial charge on any atom is 0.255 e. The highest BCUT2D eigenvalue weighted by Gasteiger charge is 2.32. The number of amides is 1. The van der Waals surface area contributed by atoms with Gasteiger partial charge in [0.2, 0.25) is 10.0 Å². The van der Waals surface area contributed by atoms with E-state index in [0.717, 1.165) is 22.4 Å². The third kappa shape index (κ3) is 5.61. The number of anilines is 1. The van der Waals surface area contributed by atoms with Crippen LogP contribution in [0.15, 0.2) is 71.1 Å². The summed E-state index contributed by atoms with van der Waals surface area (Å²) in [6.07, 6.45) is 2.50. The Hall–Kier alpha value is -5.08. The van der Waals surface area contributed by atoms with Gasteiger partial charge in [-0.25, -0.2) is 30.6 Å². The fourth-order valence-corrected chi connectivity index (χ4v) is 8.24. The molecule has 1 unspecified atom stereocenters. The minimum absolute atomic E-state index is 0.0242. The number of rotatable bonds is 7. The van der Waals surface area contributed by atoms with Crippen molar-refractivity contribution >= 4 is 53.3 Å². The summed E-state index contributed by atoms with van der Waals surface area (Å²) >= 11 is 0. The van der Waals surface area contributed by atoms with Crippen LogP contribution in [0.3, 0.4) is 0 Å². The van der Waals surface area contributed by atoms with E-state index >= 15 is 8.78 Å². The molecule has 0 fully saturated rings. The van der Waals surface area contributed by atoms with Crippen LogP contribution in [-0.2, 0) is 26.3 Å². The quantitative estimate of drug-likeness (QED) is 0.206. The van der Waals surface area contributed by atoms with Crippen LogP contribution >= 0.6 is 0 Å². The standard InChI is InChI=1S/C36H32F2N4O6S2/c1-19-9-11-22(27(38)13-19)35-33(36(43)39-2)25-15-24(30(17-32(25)48-35)41(3)50(5,46)47)28-12-10-20-14-21(18-49(4,44)45)42-29-8-6-7-26(37)23(29)16-31(42)34(20)40-28/h6-13,15-17,21H,14,18H2,1-5H3,(H,39,43). The first-order chi connectivity index (χ1) is 23.6. The number of carbonyl (C=O) groups excluding carboxylic acids is 1. The van der Waals surface area contributed by atoms with E-state index in [1.807, 2.05) is 0 Å². The van der Waals surface area contributed by atoms with Gasteiger partial charge in [-0.2, -0.15) is 0 Å². The minimum atomic E-state index is -3.83. The molecule has 0 radical (unpaired) electrons. The number of halogens is 2. The van der Waals surface area contributed by atoms with Gasteiger partial charge in [0.25, 0.3) is 5.91 Å². The van der Waals surface area contributed by atoms with E-state index in [2.05, 4.69) is 5.32 Å². The van der Waals surface area contributed by atoms with Crippen molar-refractivity contribution in [3.63, 3.8) is 0 Å². The Morgan fingerprint density at radius 1 is 0.980 bits per heavy atom. The summed E-state index contributed by atoms with van der Waals surface area (Å²) in [7, 11) is -4.45. The van der Waals surface area contributed by atoms with Crippen molar-refractivity contribution < 1.29 is 34.8 Å². The number of sulfonamides is 1. The molecule has 258 valence electrons. The van der Waals surface area contributed by atoms with Crippen LogP contribution in [0, 0.1) is 18.6 Å². The van der Waals surface area contributed by atoms with E-state index < -0.39 is 43.4 Å². The molecule has 3 aromatic heterocycles. The molecule has 0 aliphatic carbocycles. The molecule has 14 heteroatoms. The van der Waals surface area contributed by atoms with Crippen LogP contribution in [0.25, 0.3) is 55.8 Å². The molecular formula is C36H32F2N4O6S2. The van der Waals surface area contributed by atoms with Gasteiger partial charge >= 0.3 is 0 Å². The van der Waals surface area contributed by atoms with E-state index in [0.29, 0.717) is 50.9 Å². The molecule has 1 amide bonds. The summed E-state index contributed by atoms with van der Waals surface area (Å²) in [4.78, 5) is 18.4. The topological polar surface area (TPSA) is 132 Å². The Kier molecular flexibility index (Phi) is 7.86. The Morgan fingerprint density at radius 3 is 2.42 bits per heavy atom. The van der Waals surface area contributed by atoms with E-state index in [9.17, 15) is 21.6 Å². The largest absolute Gasteiger partial charge is 0.455 e. The number of carbonyl (C=O) groups is 1. The maximum absolute atomic E-state index is 15.3. The molecule has 0 saturated carbocycles. The van der Waals surface area contributed by atoms with Crippen LogP contribution in [0.4, 0.5) is 14.5 Å². The predicted molar refractivity (Wildman–Crippen MR) is 190 cm³/mol. The van der Waals surface area contributed by atoms with Gasteiger partial charge in [0.1, 0.15) is 27.1 Å². The molecule has 7 rings (SSSR count). The average molecular weight is 719 g/mol. The molecule has 50 heavy (non-hydrogen) atoms. The fraction of sp³-hybridized carbons (Fsp3) is 0.222. The third-order valence-corrected chi connectivity index (χ3v) is 11.3. The Bertz CT molecular complexity index is 2630. The fourth-order valence-electron chi connectivity index (χ4n) is 6.76. The third-order valence-electron chi connectivity index (χ3n) is 9.11. The number of fused-ring (bicyclic) bond motifs is 6. The minimum Gasteiger partial charge on any atom is -0.455 e. The highest BCUT2D eigenvalue weighted by Crippen LogP contribution is 2.44. The number of benzene rings is 3. The lowest BCUT2D eigenvalue weighted by molar-refractivity contribution is 0.0964. The smallest absolute Gasteiger partial charge is 0.255 e. The van der Waals surface area contributed by atoms with Gasteiger partial charge in [0.15, 0.2) is 5.76 Å². The highest BCUT2D eigenvalue weighted by atomic mass is 32.2. The number of aromatic nitrogens is 2. The number of pyridine rings is 1. The summed E-state index contributed by atoms with van der Waals surface area (Å²) in [6, 6.07) is 16.8. The molecule has 10 nitrogen and oxygen atoms in total. The summed E-state index contributed by atoms with van der Waals surface area (Å²) in [5, 5.41) is 3.20. The van der Waals surface area contributed by atoms with Gasteiger partial charge in [-0.1, -0.05) is 18.2 Å². The Labute approximate surface area is 287 Å². The first kappa shape index (κ1) is 33.4. The Morgan fingerprint density at radius 2 is 1.74 bits per heavy atom. The SMILES string of the molecule is CNC(=O)c1c(-c2ccc(C)cc2F)oc2cc(N(C)S(C)(=O)=O)c(-c3ccc4c(n3)-c3cc5c(F)cccc5n3C(CS(C)(=O)=O)C4)cc12. The first-order valence-electron chi connectivity index (χ1n) is 15.6. The lowest BCUT2D eigenvalue weighted by Crippen LogP contribution is -2.26. The second-order valence-corrected chi connectivity index (χ2v) is 16.9. The summed E-state index contributed by atoms with van der Waals surface area (Å²) in [6.45, 7) is 1.73. The first-order valence-corrected chi connectivity index (χ1v) is 19.5. The van der Waals surface area contributed by atoms with Gasteiger partial charge < -0.3 is 14.3 Å². The average Bonchev–Trinajstić information content (AvgIpc) is 3.62. The van der Waals surface area contributed by atoms with Crippen molar-refractivity contribution in [2.45, 2.75) is 19.4 Å². The van der Waals surface area contributed by atoms with Crippen LogP contribution in [0.5, 0.6) is 0 Å². The Balaban J connectivity index is 1.50. The van der Waals surface area contributed by atoms with Gasteiger partial charge in [-0.3, -0.25) is 9.10 Å². The van der Waals surface area contributed by atoms with Gasteiger partial charge in [0.05, 0.1) is 57.5 Å². The molecule has 6 aromatic rings. The van der Waals surface area contributed by atoms with Crippen molar-refractivity contribution in [1.82, 2.24) is 14.9 Å². The van der Waals surface area contributed by atoms with Crippen molar-refractivity contribution in [2.75, 3.05) is 36.7 Å². The number of nitrogens with one attached hydrogen (secondary N) is 1. The van der Waals surface area contributed by atoms with Crippen molar-refractivity contribution in [3.8, 4) is 34.0 Å². The van der Waals surface area contributed by atoms with Crippen molar-refractivity contribution in [1.29, 1.82) is 0 Å². The van der Waals surface area contributed by atoms with E-state index in [1.165, 1.54) is 38.4 Å². The van der Waals surface area contributed by atoms with Crippen molar-refractivity contribution in [2.24, 2.45) is 0 Å². The number of hydrogen-bond donors (Lipinski definition) is 1. The zero-order valence-electron chi connectivity index (χ0n) is 27.7. The summed E-state index contributed by atoms with van der Waals surface area (Å²) < 4.78 is 90.2. The van der Waals surface area contributed by atoms with E-state index in [4.69, 9.17) is 9.40 Å². The second kappa shape index (κ2) is 11.8. The van der Waals surface area contributed by atoms with Crippen LogP contribution in [0.1, 0.15) is 27.5 Å². The van der Waals surface area contributed by atoms with Crippen LogP contribution in [-0.4, -0.2) is 64.7 Å². The monoisotopic (exact) mass is 718 g/mol. The molecule has 0 spiro atoms. The molecule has 1 N–H and O–H groups in total. The molecule has 0 bridgehead atoms. The molecule has 1 aliphatic heterocycles. The number of sulfone groups is 1. The number of furan rings is 1. The van der Waals surface area contributed by atoms with E-state index in [1.54, 1.807) is 54.0 Å². The molecule has 1 atom stereocenters. The van der Waals surface area contributed by atoms with Crippen LogP contribution in [0.2, 0.25) is 0 Å². The second-order valence-electron chi connectivity index (χ2n) is 12.7. The molecule has 0 saturated heterocycles. The number of hydrogen-bond acceptors (Lipinski definition) is 7. The maximum atomic E-state index is 15.3. The van der Waals surface area contributed by atoms with Crippen molar-refractivity contribution in [3.05, 3.63) is 95.1 Å². The van der Waals surface area contributed by atoms with Gasteiger partial charge in [0, 0.05) is 42.8 Å².